The smallest absolute Gasteiger partial charge is 0.113 e. The number of aromatic nitrogens is 1. The number of aromatic hydroxyl groups is 1. The van der Waals surface area contributed by atoms with Gasteiger partial charge in [0.05, 0.1) is 0 Å². The van der Waals surface area contributed by atoms with E-state index in [0.29, 0.717) is 0 Å². The van der Waals surface area contributed by atoms with Crippen LogP contribution < -0.4 is 0 Å². The summed E-state index contributed by atoms with van der Waals surface area (Å²) in [5.41, 5.74) is 1.00. The maximum absolute atomic E-state index is 8.59. The summed E-state index contributed by atoms with van der Waals surface area (Å²) in [5.74, 6) is -0.0457. The predicted molar refractivity (Wildman–Crippen MR) is 40.8 cm³/mol. The van der Waals surface area contributed by atoms with Crippen molar-refractivity contribution in [1.29, 1.82) is 0 Å². The first kappa shape index (κ1) is 11.7. The van der Waals surface area contributed by atoms with E-state index < -0.39 is 0 Å². The maximum Gasteiger partial charge on any atom is 0.113 e. The molecule has 1 aromatic heterocycles. The molecule has 0 aliphatic heterocycles. The van der Waals surface area contributed by atoms with Crippen molar-refractivity contribution >= 4 is 0 Å². The van der Waals surface area contributed by atoms with E-state index in [0.717, 1.165) is 5.56 Å². The van der Waals surface area contributed by atoms with Crippen LogP contribution in [0.25, 0.3) is 0 Å². The predicted octanol–water partition coefficient (Wildman–Crippen LogP) is 1.92. The molecule has 0 saturated heterocycles. The van der Waals surface area contributed by atoms with E-state index in [2.05, 4.69) is 11.1 Å². The zero-order valence-corrected chi connectivity index (χ0v) is 13.7. The van der Waals surface area contributed by atoms with Crippen LogP contribution in [-0.4, -0.2) is 10.1 Å². The Morgan fingerprint density at radius 3 is 2.27 bits per heavy atom. The molecular formula is C8H12NORf-. The molecule has 1 N–H and O–H groups in total. The molecule has 0 bridgehead atoms. The third kappa shape index (κ3) is 4.45. The molecule has 0 radical (unpaired) electrons. The molecule has 1 rings (SSSR count). The minimum atomic E-state index is -0.0457. The van der Waals surface area contributed by atoms with Crippen molar-refractivity contribution in [3.8, 4) is 5.88 Å². The van der Waals surface area contributed by atoms with Crippen molar-refractivity contribution in [1.82, 2.24) is 4.98 Å². The van der Waals surface area contributed by atoms with Gasteiger partial charge in [-0.2, -0.15) is 11.6 Å². The van der Waals surface area contributed by atoms with Gasteiger partial charge in [0.15, 0.2) is 0 Å². The molecule has 0 aromatic carbocycles. The Bertz CT molecular complexity index is 153. The molecule has 1 aromatic rings. The number of aryl methyl sites for hydroxylation is 1. The molecule has 0 saturated carbocycles. The first-order chi connectivity index (χ1) is 4.79. The summed E-state index contributed by atoms with van der Waals surface area (Å²) in [4.78, 5) is 3.58. The second kappa shape index (κ2) is 6.08. The third-order valence-electron chi connectivity index (χ3n) is 0.819. The molecule has 0 aliphatic rings. The largest absolute Gasteiger partial charge is 0.509 e. The van der Waals surface area contributed by atoms with Gasteiger partial charge in [0.1, 0.15) is 5.88 Å². The minimum absolute atomic E-state index is 0. The van der Waals surface area contributed by atoms with E-state index in [9.17, 15) is 0 Å². The molecule has 3 heteroatoms. The second-order valence-corrected chi connectivity index (χ2v) is 1.61. The minimum Gasteiger partial charge on any atom is -0.509 e. The molecule has 0 aliphatic carbocycles. The Morgan fingerprint density at radius 1 is 1.45 bits per heavy atom. The fraction of sp³-hybridized carbons (Fsp3) is 0.375. The van der Waals surface area contributed by atoms with Gasteiger partial charge in [0, 0.05) is 0 Å². The summed E-state index contributed by atoms with van der Waals surface area (Å²) < 4.78 is 0. The Morgan fingerprint density at radius 2 is 2.00 bits per heavy atom. The number of hydrogen-bond donors (Lipinski definition) is 1. The van der Waals surface area contributed by atoms with Gasteiger partial charge in [-0.1, -0.05) is 13.8 Å². The van der Waals surface area contributed by atoms with Gasteiger partial charge in [0.2, 0.25) is 0 Å². The van der Waals surface area contributed by atoms with E-state index in [1.54, 1.807) is 12.3 Å². The fourth-order valence-corrected chi connectivity index (χ4v) is 0.416. The van der Waals surface area contributed by atoms with Crippen molar-refractivity contribution in [3.63, 3.8) is 0 Å². The van der Waals surface area contributed by atoms with Crippen LogP contribution in [0.3, 0.4) is 0 Å². The first-order valence-corrected chi connectivity index (χ1v) is 3.32. The molecule has 0 spiro atoms. The Balaban J connectivity index is 0. The Hall–Kier alpha value is -2.05. The number of hydrogen-bond acceptors (Lipinski definition) is 2. The van der Waals surface area contributed by atoms with E-state index in [4.69, 9.17) is 5.11 Å². The van der Waals surface area contributed by atoms with E-state index in [-0.39, 0.29) is 5.88 Å². The van der Waals surface area contributed by atoms with Gasteiger partial charge >= 0.3 is 0 Å². The van der Waals surface area contributed by atoms with Gasteiger partial charge in [0.25, 0.3) is 0 Å². The Labute approximate surface area is 61.5 Å². The van der Waals surface area contributed by atoms with Crippen molar-refractivity contribution in [2.45, 2.75) is 20.8 Å². The maximum atomic E-state index is 8.59. The van der Waals surface area contributed by atoms with E-state index in [1.807, 2.05) is 20.8 Å². The van der Waals surface area contributed by atoms with Crippen LogP contribution in [0.1, 0.15) is 19.4 Å². The summed E-state index contributed by atoms with van der Waals surface area (Å²) in [5, 5.41) is 8.59. The van der Waals surface area contributed by atoms with Gasteiger partial charge in [-0.3, -0.25) is 4.98 Å². The first-order valence-electron chi connectivity index (χ1n) is 3.32. The van der Waals surface area contributed by atoms with Crippen LogP contribution in [0.4, 0.5) is 0 Å². The SMILES string of the molecule is CC.Cc1c[c-]c(O)nc1.[Rf]. The zero-order chi connectivity index (χ0) is 7.98. The molecule has 0 amide bonds. The molecule has 58 valence electrons. The monoisotopic (exact) mass is 405 g/mol. The van der Waals surface area contributed by atoms with Gasteiger partial charge < -0.3 is 5.11 Å². The second-order valence-electron chi connectivity index (χ2n) is 1.61. The molecule has 0 unspecified atom stereocenters. The van der Waals surface area contributed by atoms with Crippen LogP contribution in [0.5, 0.6) is 5.88 Å². The van der Waals surface area contributed by atoms with Crippen LogP contribution >= 0.6 is 0 Å². The number of pyridine rings is 1. The van der Waals surface area contributed by atoms with E-state index in [1.165, 1.54) is 0 Å². The van der Waals surface area contributed by atoms with Gasteiger partial charge in [-0.15, -0.1) is 6.92 Å². The van der Waals surface area contributed by atoms with Crippen molar-refractivity contribution in [2.24, 2.45) is 0 Å². The molecule has 11 heavy (non-hydrogen) atoms. The van der Waals surface area contributed by atoms with Gasteiger partial charge in [-0.25, -0.2) is 6.07 Å². The summed E-state index contributed by atoms with van der Waals surface area (Å²) in [6, 6.07) is 4.23. The van der Waals surface area contributed by atoms with Crippen LogP contribution in [0.2, 0.25) is 0 Å². The molecular weight excluding hydrogens is 393 g/mol. The molecule has 1 heterocycles. The summed E-state index contributed by atoms with van der Waals surface area (Å²) >= 11 is 0. The van der Waals surface area contributed by atoms with E-state index >= 15 is 0 Å². The van der Waals surface area contributed by atoms with Crippen molar-refractivity contribution in [3.05, 3.63) is 23.9 Å². The molecule has 0 fully saturated rings. The fourth-order valence-electron chi connectivity index (χ4n) is 0.416. The Kier molecular flexibility index (Phi) is 6.47. The van der Waals surface area contributed by atoms with Crippen LogP contribution in [-0.2, 0) is 0 Å². The van der Waals surface area contributed by atoms with Crippen LogP contribution in [0.15, 0.2) is 12.3 Å². The average molecular weight is 405 g/mol. The summed E-state index contributed by atoms with van der Waals surface area (Å²) in [6.07, 6.45) is 1.59. The third-order valence-corrected chi connectivity index (χ3v) is 0.819. The molecule has 0 atom stereocenters. The summed E-state index contributed by atoms with van der Waals surface area (Å²) in [6.45, 7) is 5.89. The van der Waals surface area contributed by atoms with Crippen molar-refractivity contribution in [2.75, 3.05) is 0 Å². The zero-order valence-electron chi connectivity index (χ0n) is 7.26. The normalized spacial score (nSPS) is 7.18. The summed E-state index contributed by atoms with van der Waals surface area (Å²) in [7, 11) is 0. The van der Waals surface area contributed by atoms with Gasteiger partial charge in [-0.05, 0) is 6.20 Å². The van der Waals surface area contributed by atoms with Crippen molar-refractivity contribution < 1.29 is 5.11 Å². The van der Waals surface area contributed by atoms with Crippen LogP contribution in [0, 0.1) is 13.0 Å². The standard InChI is InChI=1S/C6H6NO.C2H6.Rf/c1-5-2-3-6(8)7-4-5;1-2;/h2,4H,1H3,(H,7,8);1-2H3;/q-1;;. The number of nitrogens with zero attached hydrogens (tertiary/aromatic N) is 1. The molecule has 2 nitrogen and oxygen atoms in total. The topological polar surface area (TPSA) is 33.1 Å². The number of rotatable bonds is 0. The average Bonchev–Trinajstić information content (AvgIpc) is 2.00. The quantitative estimate of drug-likeness (QED) is 0.670.